The molecule has 7 heteroatoms. The second kappa shape index (κ2) is 6.72. The van der Waals surface area contributed by atoms with Crippen molar-refractivity contribution in [2.45, 2.75) is 20.0 Å². The number of aromatic hydroxyl groups is 2. The highest BCUT2D eigenvalue weighted by molar-refractivity contribution is 5.88. The molecule has 3 rings (SSSR count). The zero-order valence-electron chi connectivity index (χ0n) is 13.8. The number of fused-ring (bicyclic) bond motifs is 1. The van der Waals surface area contributed by atoms with Gasteiger partial charge in [-0.05, 0) is 37.6 Å². The average molecular weight is 342 g/mol. The Morgan fingerprint density at radius 3 is 2.76 bits per heavy atom. The number of para-hydroxylation sites is 2. The molecule has 2 aromatic carbocycles. The third kappa shape index (κ3) is 3.35. The highest BCUT2D eigenvalue weighted by atomic mass is 16.6. The third-order valence-corrected chi connectivity index (χ3v) is 3.94. The van der Waals surface area contributed by atoms with Crippen molar-refractivity contribution >= 4 is 12.1 Å². The van der Waals surface area contributed by atoms with Crippen molar-refractivity contribution in [3.63, 3.8) is 0 Å². The van der Waals surface area contributed by atoms with Gasteiger partial charge in [-0.15, -0.1) is 0 Å². The van der Waals surface area contributed by atoms with E-state index in [2.05, 4.69) is 10.5 Å². The molecule has 0 unspecified atom stereocenters. The summed E-state index contributed by atoms with van der Waals surface area (Å²) in [6.07, 6.45) is 0.510. The summed E-state index contributed by atoms with van der Waals surface area (Å²) < 4.78 is 11.1. The Morgan fingerprint density at radius 1 is 1.28 bits per heavy atom. The predicted octanol–water partition coefficient (Wildman–Crippen LogP) is 2.00. The Kier molecular flexibility index (Phi) is 4.47. The minimum atomic E-state index is -0.816. The maximum absolute atomic E-state index is 12.2. The Balaban J connectivity index is 1.67. The number of aryl methyl sites for hydroxylation is 1. The molecule has 0 bridgehead atoms. The van der Waals surface area contributed by atoms with Crippen LogP contribution in [0.3, 0.4) is 0 Å². The summed E-state index contributed by atoms with van der Waals surface area (Å²) in [6.45, 7) is 3.39. The van der Waals surface area contributed by atoms with Gasteiger partial charge in [-0.1, -0.05) is 12.1 Å². The summed E-state index contributed by atoms with van der Waals surface area (Å²) in [5, 5.41) is 23.6. The lowest BCUT2D eigenvalue weighted by Crippen LogP contribution is -2.42. The number of rotatable bonds is 3. The first-order chi connectivity index (χ1) is 12.0. The molecule has 1 amide bonds. The van der Waals surface area contributed by atoms with Gasteiger partial charge in [0.2, 0.25) is 6.10 Å². The molecule has 0 aliphatic carbocycles. The Hall–Kier alpha value is -3.22. The van der Waals surface area contributed by atoms with Crippen molar-refractivity contribution in [3.05, 3.63) is 47.0 Å². The first-order valence-electron chi connectivity index (χ1n) is 7.71. The summed E-state index contributed by atoms with van der Waals surface area (Å²) in [5.41, 5.74) is 3.77. The number of phenolic OH excluding ortho intramolecular Hbond substituents is 2. The molecule has 0 saturated heterocycles. The number of ether oxygens (including phenoxy) is 2. The fourth-order valence-corrected chi connectivity index (χ4v) is 2.45. The molecule has 1 atom stereocenters. The van der Waals surface area contributed by atoms with E-state index in [1.807, 2.05) is 6.07 Å². The Bertz CT molecular complexity index is 848. The molecule has 0 fully saturated rings. The van der Waals surface area contributed by atoms with Gasteiger partial charge in [0.15, 0.2) is 11.5 Å². The van der Waals surface area contributed by atoms with Gasteiger partial charge < -0.3 is 19.7 Å². The van der Waals surface area contributed by atoms with E-state index in [0.717, 1.165) is 0 Å². The van der Waals surface area contributed by atoms with E-state index in [1.165, 1.54) is 12.3 Å². The number of carbonyl (C=O) groups is 1. The fourth-order valence-electron chi connectivity index (χ4n) is 2.45. The maximum atomic E-state index is 12.2. The van der Waals surface area contributed by atoms with Crippen molar-refractivity contribution < 1.29 is 24.5 Å². The lowest BCUT2D eigenvalue weighted by atomic mass is 10.0. The summed E-state index contributed by atoms with van der Waals surface area (Å²) in [4.78, 5) is 12.2. The predicted molar refractivity (Wildman–Crippen MR) is 91.3 cm³/mol. The molecule has 1 aliphatic heterocycles. The zero-order valence-corrected chi connectivity index (χ0v) is 13.8. The molecule has 7 nitrogen and oxygen atoms in total. The minimum Gasteiger partial charge on any atom is -0.508 e. The van der Waals surface area contributed by atoms with Crippen molar-refractivity contribution in [1.29, 1.82) is 0 Å². The number of benzene rings is 2. The van der Waals surface area contributed by atoms with Gasteiger partial charge in [-0.25, -0.2) is 5.43 Å². The van der Waals surface area contributed by atoms with Crippen LogP contribution in [0.25, 0.3) is 0 Å². The van der Waals surface area contributed by atoms with E-state index >= 15 is 0 Å². The van der Waals surface area contributed by atoms with Crippen LogP contribution >= 0.6 is 0 Å². The van der Waals surface area contributed by atoms with Gasteiger partial charge in [0, 0.05) is 11.1 Å². The van der Waals surface area contributed by atoms with Crippen LogP contribution in [-0.4, -0.2) is 35.0 Å². The summed E-state index contributed by atoms with van der Waals surface area (Å²) in [6, 6.07) is 8.62. The van der Waals surface area contributed by atoms with Crippen molar-refractivity contribution in [3.8, 4) is 23.0 Å². The third-order valence-electron chi connectivity index (χ3n) is 3.94. The van der Waals surface area contributed by atoms with Gasteiger partial charge >= 0.3 is 0 Å². The van der Waals surface area contributed by atoms with Crippen LogP contribution in [-0.2, 0) is 4.79 Å². The van der Waals surface area contributed by atoms with E-state index in [4.69, 9.17) is 9.47 Å². The van der Waals surface area contributed by atoms with Crippen molar-refractivity contribution in [2.24, 2.45) is 5.10 Å². The van der Waals surface area contributed by atoms with Crippen LogP contribution < -0.4 is 14.9 Å². The average Bonchev–Trinajstić information content (AvgIpc) is 2.62. The standard InChI is InChI=1S/C18H18N2O5/c1-10-7-13(21)11(2)17(22)12(10)8-19-20-18(23)16-9-24-14-5-3-4-6-15(14)25-16/h3-8,16,21-22H,9H2,1-2H3,(H,20,23)/b19-8+/t16-/m0/s1. The van der Waals surface area contributed by atoms with Gasteiger partial charge in [-0.3, -0.25) is 4.79 Å². The molecule has 0 aromatic heterocycles. The van der Waals surface area contributed by atoms with Crippen LogP contribution in [0.1, 0.15) is 16.7 Å². The molecule has 1 heterocycles. The molecule has 2 aromatic rings. The first-order valence-corrected chi connectivity index (χ1v) is 7.71. The molecule has 130 valence electrons. The molecular weight excluding hydrogens is 324 g/mol. The Labute approximate surface area is 144 Å². The van der Waals surface area contributed by atoms with Crippen molar-refractivity contribution in [1.82, 2.24) is 5.43 Å². The molecule has 3 N–H and O–H groups in total. The van der Waals surface area contributed by atoms with Gasteiger partial charge in [-0.2, -0.15) is 5.10 Å². The van der Waals surface area contributed by atoms with Gasteiger partial charge in [0.25, 0.3) is 5.91 Å². The number of phenols is 2. The van der Waals surface area contributed by atoms with Crippen LogP contribution in [0.4, 0.5) is 0 Å². The highest BCUT2D eigenvalue weighted by Gasteiger charge is 2.27. The van der Waals surface area contributed by atoms with E-state index < -0.39 is 12.0 Å². The SMILES string of the molecule is Cc1cc(O)c(C)c(O)c1/C=N/NC(=O)[C@@H]1COc2ccccc2O1. The second-order valence-corrected chi connectivity index (χ2v) is 5.70. The molecule has 25 heavy (non-hydrogen) atoms. The largest absolute Gasteiger partial charge is 0.508 e. The second-order valence-electron chi connectivity index (χ2n) is 5.70. The number of nitrogens with zero attached hydrogens (tertiary/aromatic N) is 1. The Morgan fingerprint density at radius 2 is 2.00 bits per heavy atom. The summed E-state index contributed by atoms with van der Waals surface area (Å²) in [5.74, 6) is 0.554. The van der Waals surface area contributed by atoms with E-state index in [-0.39, 0.29) is 18.1 Å². The first kappa shape index (κ1) is 16.6. The molecule has 0 spiro atoms. The van der Waals surface area contributed by atoms with E-state index in [9.17, 15) is 15.0 Å². The van der Waals surface area contributed by atoms with Crippen molar-refractivity contribution in [2.75, 3.05) is 6.61 Å². The van der Waals surface area contributed by atoms with E-state index in [0.29, 0.717) is 28.2 Å². The number of nitrogens with one attached hydrogen (secondary N) is 1. The van der Waals surface area contributed by atoms with E-state index in [1.54, 1.807) is 32.0 Å². The van der Waals surface area contributed by atoms with Crippen LogP contribution in [0.15, 0.2) is 35.4 Å². The lowest BCUT2D eigenvalue weighted by Gasteiger charge is -2.24. The number of hydrogen-bond acceptors (Lipinski definition) is 6. The normalized spacial score (nSPS) is 16.0. The summed E-state index contributed by atoms with van der Waals surface area (Å²) in [7, 11) is 0. The van der Waals surface area contributed by atoms with Gasteiger partial charge in [0.05, 0.1) is 6.21 Å². The number of hydrogen-bond donors (Lipinski definition) is 3. The summed E-state index contributed by atoms with van der Waals surface area (Å²) >= 11 is 0. The quantitative estimate of drug-likeness (QED) is 0.585. The maximum Gasteiger partial charge on any atom is 0.284 e. The zero-order chi connectivity index (χ0) is 18.0. The topological polar surface area (TPSA) is 100 Å². The van der Waals surface area contributed by atoms with Gasteiger partial charge in [0.1, 0.15) is 18.1 Å². The number of hydrazone groups is 1. The molecular formula is C18H18N2O5. The number of amides is 1. The molecule has 0 saturated carbocycles. The van der Waals surface area contributed by atoms with Crippen LogP contribution in [0.5, 0.6) is 23.0 Å². The molecule has 0 radical (unpaired) electrons. The number of carbonyl (C=O) groups excluding carboxylic acids is 1. The fraction of sp³-hybridized carbons (Fsp3) is 0.222. The minimum absolute atomic E-state index is 0.00241. The highest BCUT2D eigenvalue weighted by Crippen LogP contribution is 2.32. The van der Waals surface area contributed by atoms with Crippen LogP contribution in [0.2, 0.25) is 0 Å². The molecule has 1 aliphatic rings. The monoisotopic (exact) mass is 342 g/mol. The lowest BCUT2D eigenvalue weighted by molar-refractivity contribution is -0.130. The van der Waals surface area contributed by atoms with Crippen LogP contribution in [0, 0.1) is 13.8 Å². The smallest absolute Gasteiger partial charge is 0.284 e.